The quantitative estimate of drug-likeness (QED) is 0.586. The first-order valence-corrected chi connectivity index (χ1v) is 8.25. The molecule has 2 rings (SSSR count). The minimum Gasteiger partial charge on any atom is -0.493 e. The highest BCUT2D eigenvalue weighted by molar-refractivity contribution is 5.97. The number of benzene rings is 1. The fourth-order valence-electron chi connectivity index (χ4n) is 2.51. The van der Waals surface area contributed by atoms with Crippen LogP contribution in [0, 0.1) is 0 Å². The van der Waals surface area contributed by atoms with Gasteiger partial charge in [0, 0.05) is 23.6 Å². The first-order valence-electron chi connectivity index (χ1n) is 8.25. The van der Waals surface area contributed by atoms with Crippen molar-refractivity contribution in [2.75, 3.05) is 6.61 Å². The number of fused-ring (bicyclic) bond motifs is 1. The van der Waals surface area contributed by atoms with Crippen molar-refractivity contribution in [1.82, 2.24) is 5.32 Å². The van der Waals surface area contributed by atoms with Crippen LogP contribution in [0.1, 0.15) is 31.9 Å². The maximum Gasteiger partial charge on any atom is 0.331 e. The summed E-state index contributed by atoms with van der Waals surface area (Å²) in [6.45, 7) is 5.66. The maximum absolute atomic E-state index is 11.9. The molecular weight excluding hydrogens is 340 g/mol. The van der Waals surface area contributed by atoms with E-state index in [1.807, 2.05) is 25.2 Å². The van der Waals surface area contributed by atoms with Gasteiger partial charge < -0.3 is 19.9 Å². The summed E-state index contributed by atoms with van der Waals surface area (Å²) in [6, 6.07) is 2.69. The first-order chi connectivity index (χ1) is 12.3. The zero-order valence-corrected chi connectivity index (χ0v) is 14.9. The summed E-state index contributed by atoms with van der Waals surface area (Å²) < 4.78 is 16.3. The van der Waals surface area contributed by atoms with E-state index in [0.29, 0.717) is 17.9 Å². The summed E-state index contributed by atoms with van der Waals surface area (Å²) in [4.78, 5) is 34.0. The molecule has 1 aliphatic heterocycles. The lowest BCUT2D eigenvalue weighted by Gasteiger charge is -2.11. The molecule has 0 saturated heterocycles. The SMILES string of the molecule is CCOc1cc2c(cc1/C=C/C(=O)O[C@H](C)C(=O)NC(N)=O)O[C@H](C)C2. The van der Waals surface area contributed by atoms with Gasteiger partial charge in [-0.3, -0.25) is 10.1 Å². The number of carbonyl (C=O) groups excluding carboxylic acids is 3. The Hall–Kier alpha value is -3.03. The highest BCUT2D eigenvalue weighted by atomic mass is 16.5. The van der Waals surface area contributed by atoms with E-state index >= 15 is 0 Å². The van der Waals surface area contributed by atoms with Gasteiger partial charge in [0.25, 0.3) is 5.91 Å². The molecule has 0 unspecified atom stereocenters. The number of imide groups is 1. The molecule has 140 valence electrons. The third-order valence-electron chi connectivity index (χ3n) is 3.64. The molecule has 0 fully saturated rings. The van der Waals surface area contributed by atoms with Crippen LogP contribution in [0.5, 0.6) is 11.5 Å². The fraction of sp³-hybridized carbons (Fsp3) is 0.389. The lowest BCUT2D eigenvalue weighted by molar-refractivity contribution is -0.149. The molecule has 8 nitrogen and oxygen atoms in total. The van der Waals surface area contributed by atoms with Crippen LogP contribution in [0.3, 0.4) is 0 Å². The summed E-state index contributed by atoms with van der Waals surface area (Å²) in [7, 11) is 0. The molecule has 0 aromatic heterocycles. The Morgan fingerprint density at radius 3 is 2.81 bits per heavy atom. The number of urea groups is 1. The van der Waals surface area contributed by atoms with Gasteiger partial charge in [0.05, 0.1) is 6.61 Å². The molecule has 1 aromatic carbocycles. The molecule has 0 bridgehead atoms. The molecular formula is C18H22N2O6. The lowest BCUT2D eigenvalue weighted by atomic mass is 10.1. The number of carbonyl (C=O) groups is 3. The molecule has 3 N–H and O–H groups in total. The molecule has 0 spiro atoms. The molecule has 1 aliphatic rings. The standard InChI is InChI=1S/C18H22N2O6/c1-4-24-14-9-13-7-10(2)25-15(13)8-12(14)5-6-16(21)26-11(3)17(22)20-18(19)23/h5-6,8-11H,4,7H2,1-3H3,(H3,19,20,22,23)/b6-5+/t10-,11-/m1/s1. The summed E-state index contributed by atoms with van der Waals surface area (Å²) in [6.07, 6.45) is 2.44. The van der Waals surface area contributed by atoms with Crippen LogP contribution in [0.2, 0.25) is 0 Å². The van der Waals surface area contributed by atoms with E-state index in [2.05, 4.69) is 0 Å². The van der Waals surface area contributed by atoms with Crippen LogP contribution >= 0.6 is 0 Å². The van der Waals surface area contributed by atoms with Gasteiger partial charge in [0.1, 0.15) is 17.6 Å². The largest absolute Gasteiger partial charge is 0.493 e. The minimum atomic E-state index is -1.16. The normalized spacial score (nSPS) is 16.5. The van der Waals surface area contributed by atoms with Crippen LogP contribution in [-0.2, 0) is 20.7 Å². The maximum atomic E-state index is 11.9. The Balaban J connectivity index is 2.09. The number of esters is 1. The second kappa shape index (κ2) is 8.37. The third kappa shape index (κ3) is 4.98. The molecule has 0 aliphatic carbocycles. The number of nitrogens with one attached hydrogen (secondary N) is 1. The number of hydrogen-bond donors (Lipinski definition) is 2. The average Bonchev–Trinajstić information content (AvgIpc) is 2.91. The van der Waals surface area contributed by atoms with E-state index in [1.165, 1.54) is 19.1 Å². The van der Waals surface area contributed by atoms with Crippen molar-refractivity contribution >= 4 is 24.0 Å². The average molecular weight is 362 g/mol. The molecule has 0 radical (unpaired) electrons. The van der Waals surface area contributed by atoms with E-state index < -0.39 is 24.0 Å². The van der Waals surface area contributed by atoms with Crippen LogP contribution in [0.4, 0.5) is 4.79 Å². The zero-order chi connectivity index (χ0) is 19.3. The van der Waals surface area contributed by atoms with Crippen molar-refractivity contribution in [3.63, 3.8) is 0 Å². The fourth-order valence-corrected chi connectivity index (χ4v) is 2.51. The highest BCUT2D eigenvalue weighted by Gasteiger charge is 2.22. The Morgan fingerprint density at radius 2 is 2.15 bits per heavy atom. The Kier molecular flexibility index (Phi) is 6.21. The van der Waals surface area contributed by atoms with Crippen molar-refractivity contribution in [3.05, 3.63) is 29.3 Å². The summed E-state index contributed by atoms with van der Waals surface area (Å²) in [5, 5.41) is 1.84. The van der Waals surface area contributed by atoms with Crippen molar-refractivity contribution < 1.29 is 28.6 Å². The zero-order valence-electron chi connectivity index (χ0n) is 14.9. The number of primary amides is 1. The summed E-state index contributed by atoms with van der Waals surface area (Å²) in [5.74, 6) is -0.153. The third-order valence-corrected chi connectivity index (χ3v) is 3.64. The molecule has 26 heavy (non-hydrogen) atoms. The number of hydrogen-bond acceptors (Lipinski definition) is 6. The lowest BCUT2D eigenvalue weighted by Crippen LogP contribution is -2.42. The Morgan fingerprint density at radius 1 is 1.42 bits per heavy atom. The first kappa shape index (κ1) is 19.3. The van der Waals surface area contributed by atoms with E-state index in [1.54, 1.807) is 6.07 Å². The van der Waals surface area contributed by atoms with E-state index in [4.69, 9.17) is 19.9 Å². The van der Waals surface area contributed by atoms with E-state index in [-0.39, 0.29) is 6.10 Å². The van der Waals surface area contributed by atoms with Crippen LogP contribution in [0.25, 0.3) is 6.08 Å². The van der Waals surface area contributed by atoms with Gasteiger partial charge in [-0.2, -0.15) is 0 Å². The summed E-state index contributed by atoms with van der Waals surface area (Å²) >= 11 is 0. The predicted octanol–water partition coefficient (Wildman–Crippen LogP) is 1.55. The van der Waals surface area contributed by atoms with E-state index in [0.717, 1.165) is 17.7 Å². The monoisotopic (exact) mass is 362 g/mol. The van der Waals surface area contributed by atoms with Gasteiger partial charge in [-0.15, -0.1) is 0 Å². The number of ether oxygens (including phenoxy) is 3. The molecule has 8 heteroatoms. The number of rotatable bonds is 6. The molecule has 1 aromatic rings. The summed E-state index contributed by atoms with van der Waals surface area (Å²) in [5.41, 5.74) is 6.56. The van der Waals surface area contributed by atoms with Crippen LogP contribution in [-0.4, -0.2) is 36.7 Å². The van der Waals surface area contributed by atoms with Crippen molar-refractivity contribution in [1.29, 1.82) is 0 Å². The Labute approximate surface area is 151 Å². The second-order valence-electron chi connectivity index (χ2n) is 5.83. The van der Waals surface area contributed by atoms with Crippen molar-refractivity contribution in [3.8, 4) is 11.5 Å². The van der Waals surface area contributed by atoms with Gasteiger partial charge in [0.2, 0.25) is 0 Å². The van der Waals surface area contributed by atoms with Gasteiger partial charge in [-0.25, -0.2) is 9.59 Å². The van der Waals surface area contributed by atoms with Crippen LogP contribution < -0.4 is 20.5 Å². The highest BCUT2D eigenvalue weighted by Crippen LogP contribution is 2.35. The van der Waals surface area contributed by atoms with Crippen molar-refractivity contribution in [2.24, 2.45) is 5.73 Å². The second-order valence-corrected chi connectivity index (χ2v) is 5.83. The smallest absolute Gasteiger partial charge is 0.331 e. The molecule has 1 heterocycles. The number of nitrogens with two attached hydrogens (primary N) is 1. The van der Waals surface area contributed by atoms with Crippen LogP contribution in [0.15, 0.2) is 18.2 Å². The van der Waals surface area contributed by atoms with Gasteiger partial charge in [0.15, 0.2) is 6.10 Å². The van der Waals surface area contributed by atoms with Gasteiger partial charge in [-0.1, -0.05) is 0 Å². The van der Waals surface area contributed by atoms with E-state index in [9.17, 15) is 14.4 Å². The minimum absolute atomic E-state index is 0.0910. The molecule has 0 saturated carbocycles. The Bertz CT molecular complexity index is 743. The topological polar surface area (TPSA) is 117 Å². The molecule has 2 atom stereocenters. The van der Waals surface area contributed by atoms with Gasteiger partial charge >= 0.3 is 12.0 Å². The number of amides is 3. The van der Waals surface area contributed by atoms with Crippen molar-refractivity contribution in [2.45, 2.75) is 39.4 Å². The van der Waals surface area contributed by atoms with Gasteiger partial charge in [-0.05, 0) is 39.0 Å². The predicted molar refractivity (Wildman–Crippen MR) is 93.7 cm³/mol. The molecule has 3 amide bonds.